The Kier molecular flexibility index (Phi) is 4.81. The van der Waals surface area contributed by atoms with Crippen LogP contribution in [0.2, 0.25) is 0 Å². The lowest BCUT2D eigenvalue weighted by Gasteiger charge is -2.19. The van der Waals surface area contributed by atoms with E-state index in [1.54, 1.807) is 0 Å². The topological polar surface area (TPSA) is 29.9 Å². The van der Waals surface area contributed by atoms with Gasteiger partial charge in [0.05, 0.1) is 6.04 Å². The summed E-state index contributed by atoms with van der Waals surface area (Å²) in [6, 6.07) is 4.75. The Morgan fingerprint density at radius 1 is 1.39 bits per heavy atom. The number of nitrogens with one attached hydrogen (secondary N) is 1. The van der Waals surface area contributed by atoms with Crippen molar-refractivity contribution in [3.05, 3.63) is 34.8 Å². The molecule has 18 heavy (non-hydrogen) atoms. The monoisotopic (exact) mass is 263 g/mol. The molecule has 4 heteroatoms. The first-order valence-electron chi connectivity index (χ1n) is 6.67. The minimum absolute atomic E-state index is 0.414. The number of rotatable bonds is 7. The zero-order valence-corrected chi connectivity index (χ0v) is 11.9. The molecule has 0 aromatic carbocycles. The van der Waals surface area contributed by atoms with Gasteiger partial charge >= 0.3 is 0 Å². The molecule has 2 aromatic rings. The molecule has 1 atom stereocenters. The molecule has 2 heterocycles. The van der Waals surface area contributed by atoms with Crippen molar-refractivity contribution in [3.8, 4) is 0 Å². The van der Waals surface area contributed by atoms with E-state index in [9.17, 15) is 0 Å². The maximum absolute atomic E-state index is 4.42. The summed E-state index contributed by atoms with van der Waals surface area (Å²) in [6.45, 7) is 5.38. The number of aromatic nitrogens is 2. The van der Waals surface area contributed by atoms with Gasteiger partial charge in [-0.2, -0.15) is 0 Å². The second kappa shape index (κ2) is 6.59. The lowest BCUT2D eigenvalue weighted by Crippen LogP contribution is -2.13. The van der Waals surface area contributed by atoms with E-state index in [4.69, 9.17) is 0 Å². The smallest absolute Gasteiger partial charge is 0.203 e. The molecule has 1 N–H and O–H groups in total. The highest BCUT2D eigenvalue weighted by molar-refractivity contribution is 7.10. The number of nitrogens with zero attached hydrogens (tertiary/aromatic N) is 2. The number of thiophene rings is 1. The van der Waals surface area contributed by atoms with Gasteiger partial charge < -0.3 is 9.88 Å². The van der Waals surface area contributed by atoms with E-state index >= 15 is 0 Å². The predicted molar refractivity (Wildman–Crippen MR) is 78.4 cm³/mol. The summed E-state index contributed by atoms with van der Waals surface area (Å²) in [5, 5.41) is 5.55. The van der Waals surface area contributed by atoms with E-state index in [0.29, 0.717) is 6.04 Å². The van der Waals surface area contributed by atoms with E-state index in [-0.39, 0.29) is 0 Å². The minimum atomic E-state index is 0.414. The van der Waals surface area contributed by atoms with Crippen LogP contribution in [-0.4, -0.2) is 16.1 Å². The van der Waals surface area contributed by atoms with Crippen molar-refractivity contribution < 1.29 is 0 Å². The Labute approximate surface area is 113 Å². The molecule has 1 unspecified atom stereocenters. The highest BCUT2D eigenvalue weighted by atomic mass is 32.1. The SMILES string of the molecule is CCCNc1nccn1C(CCC)c1cccs1. The van der Waals surface area contributed by atoms with Crippen LogP contribution in [0, 0.1) is 0 Å². The standard InChI is InChI=1S/C14H21N3S/c1-3-6-12(13-7-5-11-18-13)17-10-9-16-14(17)15-8-4-2/h5,7,9-12H,3-4,6,8H2,1-2H3,(H,15,16). The van der Waals surface area contributed by atoms with E-state index in [2.05, 4.69) is 52.4 Å². The molecule has 0 aliphatic rings. The Morgan fingerprint density at radius 3 is 2.94 bits per heavy atom. The molecule has 0 fully saturated rings. The van der Waals surface area contributed by atoms with Gasteiger partial charge in [0.25, 0.3) is 0 Å². The number of hydrogen-bond donors (Lipinski definition) is 1. The zero-order valence-electron chi connectivity index (χ0n) is 11.1. The third-order valence-electron chi connectivity index (χ3n) is 2.97. The van der Waals surface area contributed by atoms with Crippen LogP contribution in [0.15, 0.2) is 29.9 Å². The number of hydrogen-bond acceptors (Lipinski definition) is 3. The molecule has 0 amide bonds. The van der Waals surface area contributed by atoms with Gasteiger partial charge in [-0.15, -0.1) is 11.3 Å². The van der Waals surface area contributed by atoms with Crippen molar-refractivity contribution in [2.75, 3.05) is 11.9 Å². The molecule has 2 rings (SSSR count). The fraction of sp³-hybridized carbons (Fsp3) is 0.500. The third-order valence-corrected chi connectivity index (χ3v) is 3.94. The Bertz CT molecular complexity index is 447. The van der Waals surface area contributed by atoms with Crippen LogP contribution < -0.4 is 5.32 Å². The van der Waals surface area contributed by atoms with Crippen LogP contribution in [0.25, 0.3) is 0 Å². The van der Waals surface area contributed by atoms with Gasteiger partial charge in [0.1, 0.15) is 0 Å². The minimum Gasteiger partial charge on any atom is -0.356 e. The molecule has 0 spiro atoms. The molecule has 0 bridgehead atoms. The van der Waals surface area contributed by atoms with Gasteiger partial charge in [0.15, 0.2) is 0 Å². The number of imidazole rings is 1. The lowest BCUT2D eigenvalue weighted by atomic mass is 10.1. The van der Waals surface area contributed by atoms with Crippen molar-refractivity contribution in [1.29, 1.82) is 0 Å². The van der Waals surface area contributed by atoms with Crippen LogP contribution in [0.5, 0.6) is 0 Å². The summed E-state index contributed by atoms with van der Waals surface area (Å²) in [7, 11) is 0. The van der Waals surface area contributed by atoms with E-state index in [1.165, 1.54) is 11.3 Å². The Morgan fingerprint density at radius 2 is 2.28 bits per heavy atom. The largest absolute Gasteiger partial charge is 0.356 e. The highest BCUT2D eigenvalue weighted by Crippen LogP contribution is 2.29. The average molecular weight is 263 g/mol. The molecule has 3 nitrogen and oxygen atoms in total. The van der Waals surface area contributed by atoms with Crippen molar-refractivity contribution in [1.82, 2.24) is 9.55 Å². The fourth-order valence-electron chi connectivity index (χ4n) is 2.11. The normalized spacial score (nSPS) is 12.6. The van der Waals surface area contributed by atoms with E-state index < -0.39 is 0 Å². The maximum Gasteiger partial charge on any atom is 0.203 e. The molecular weight excluding hydrogens is 242 g/mol. The van der Waals surface area contributed by atoms with Crippen LogP contribution >= 0.6 is 11.3 Å². The van der Waals surface area contributed by atoms with Crippen LogP contribution in [-0.2, 0) is 0 Å². The van der Waals surface area contributed by atoms with Crippen LogP contribution in [0.3, 0.4) is 0 Å². The molecule has 0 aliphatic carbocycles. The summed E-state index contributed by atoms with van der Waals surface area (Å²) in [5.41, 5.74) is 0. The first kappa shape index (κ1) is 13.1. The highest BCUT2D eigenvalue weighted by Gasteiger charge is 2.16. The van der Waals surface area contributed by atoms with Crippen molar-refractivity contribution in [3.63, 3.8) is 0 Å². The molecular formula is C14H21N3S. The average Bonchev–Trinajstić information content (AvgIpc) is 3.04. The van der Waals surface area contributed by atoms with Gasteiger partial charge in [-0.1, -0.05) is 26.3 Å². The summed E-state index contributed by atoms with van der Waals surface area (Å²) < 4.78 is 2.27. The molecule has 98 valence electrons. The van der Waals surface area contributed by atoms with Crippen molar-refractivity contribution >= 4 is 17.3 Å². The van der Waals surface area contributed by atoms with Crippen LogP contribution in [0.1, 0.15) is 44.0 Å². The molecule has 0 saturated heterocycles. The van der Waals surface area contributed by atoms with Gasteiger partial charge in [-0.05, 0) is 24.3 Å². The van der Waals surface area contributed by atoms with Gasteiger partial charge in [0.2, 0.25) is 5.95 Å². The first-order valence-corrected chi connectivity index (χ1v) is 7.54. The quantitative estimate of drug-likeness (QED) is 0.813. The second-order valence-electron chi connectivity index (χ2n) is 4.40. The summed E-state index contributed by atoms with van der Waals surface area (Å²) >= 11 is 1.83. The fourth-order valence-corrected chi connectivity index (χ4v) is 2.97. The Balaban J connectivity index is 2.23. The van der Waals surface area contributed by atoms with Gasteiger partial charge in [-0.25, -0.2) is 4.98 Å². The molecule has 2 aromatic heterocycles. The van der Waals surface area contributed by atoms with Crippen molar-refractivity contribution in [2.24, 2.45) is 0 Å². The lowest BCUT2D eigenvalue weighted by molar-refractivity contribution is 0.545. The molecule has 0 saturated carbocycles. The first-order chi connectivity index (χ1) is 8.86. The summed E-state index contributed by atoms with van der Waals surface area (Å²) in [5.74, 6) is 0.990. The summed E-state index contributed by atoms with van der Waals surface area (Å²) in [4.78, 5) is 5.83. The predicted octanol–water partition coefficient (Wildman–Crippen LogP) is 4.16. The van der Waals surface area contributed by atoms with E-state index in [0.717, 1.165) is 25.3 Å². The number of anilines is 1. The van der Waals surface area contributed by atoms with E-state index in [1.807, 2.05) is 17.5 Å². The second-order valence-corrected chi connectivity index (χ2v) is 5.38. The Hall–Kier alpha value is -1.29. The molecule has 0 aliphatic heterocycles. The van der Waals surface area contributed by atoms with Gasteiger partial charge in [-0.3, -0.25) is 0 Å². The van der Waals surface area contributed by atoms with Gasteiger partial charge in [0, 0.05) is 23.8 Å². The maximum atomic E-state index is 4.42. The third kappa shape index (κ3) is 2.93. The molecule has 0 radical (unpaired) electrons. The summed E-state index contributed by atoms with van der Waals surface area (Å²) in [6.07, 6.45) is 7.41. The van der Waals surface area contributed by atoms with Crippen LogP contribution in [0.4, 0.5) is 5.95 Å². The van der Waals surface area contributed by atoms with Crippen molar-refractivity contribution in [2.45, 2.75) is 39.2 Å². The zero-order chi connectivity index (χ0) is 12.8.